The highest BCUT2D eigenvalue weighted by molar-refractivity contribution is 14.1. The van der Waals surface area contributed by atoms with Gasteiger partial charge in [0.25, 0.3) is 0 Å². The smallest absolute Gasteiger partial charge is 0.207 e. The predicted octanol–water partition coefficient (Wildman–Crippen LogP) is 2.32. The number of sulfonamides is 1. The highest BCUT2D eigenvalue weighted by Gasteiger charge is 2.21. The Bertz CT molecular complexity index is 427. The van der Waals surface area contributed by atoms with Gasteiger partial charge in [0.1, 0.15) is 0 Å². The van der Waals surface area contributed by atoms with Gasteiger partial charge in [-0.2, -0.15) is 4.31 Å². The molecule has 0 radical (unpaired) electrons. The van der Waals surface area contributed by atoms with E-state index in [-0.39, 0.29) is 0 Å². The molecule has 0 heterocycles. The Labute approximate surface area is 105 Å². The summed E-state index contributed by atoms with van der Waals surface area (Å²) in [6.45, 7) is 4.69. The molecule has 0 unspecified atom stereocenters. The lowest BCUT2D eigenvalue weighted by Crippen LogP contribution is -2.30. The van der Waals surface area contributed by atoms with Crippen LogP contribution in [0.4, 0.5) is 0 Å². The molecular weight excluding hydrogens is 325 g/mol. The van der Waals surface area contributed by atoms with Crippen LogP contribution in [0.25, 0.3) is 0 Å². The zero-order chi connectivity index (χ0) is 11.5. The molecule has 0 aliphatic heterocycles. The van der Waals surface area contributed by atoms with Gasteiger partial charge in [-0.15, -0.1) is 0 Å². The molecule has 0 aliphatic carbocycles. The van der Waals surface area contributed by atoms with Crippen molar-refractivity contribution in [2.75, 3.05) is 13.1 Å². The van der Waals surface area contributed by atoms with Crippen molar-refractivity contribution in [3.63, 3.8) is 0 Å². The van der Waals surface area contributed by atoms with Crippen molar-refractivity contribution in [3.8, 4) is 0 Å². The maximum Gasteiger partial charge on any atom is 0.243 e. The fraction of sp³-hybridized carbons (Fsp3) is 0.400. The molecule has 0 atom stereocenters. The monoisotopic (exact) mass is 339 g/mol. The van der Waals surface area contributed by atoms with Gasteiger partial charge in [-0.1, -0.05) is 19.9 Å². The number of hydrogen-bond donors (Lipinski definition) is 0. The number of hydrogen-bond acceptors (Lipinski definition) is 2. The maximum absolute atomic E-state index is 12.1. The lowest BCUT2D eigenvalue weighted by atomic mass is 10.4. The first-order valence-electron chi connectivity index (χ1n) is 4.78. The summed E-state index contributed by atoms with van der Waals surface area (Å²) in [7, 11) is -3.30. The second-order valence-corrected chi connectivity index (χ2v) is 6.23. The Morgan fingerprint density at radius 2 is 1.87 bits per heavy atom. The molecule has 1 aromatic carbocycles. The van der Waals surface area contributed by atoms with Crippen molar-refractivity contribution in [3.05, 3.63) is 27.8 Å². The van der Waals surface area contributed by atoms with Crippen LogP contribution in [0.2, 0.25) is 0 Å². The quantitative estimate of drug-likeness (QED) is 0.790. The van der Waals surface area contributed by atoms with Crippen molar-refractivity contribution in [1.29, 1.82) is 0 Å². The number of halogens is 1. The van der Waals surface area contributed by atoms with Crippen LogP contribution in [0.5, 0.6) is 0 Å². The summed E-state index contributed by atoms with van der Waals surface area (Å²) < 4.78 is 26.5. The van der Waals surface area contributed by atoms with Crippen molar-refractivity contribution >= 4 is 32.6 Å². The van der Waals surface area contributed by atoms with Crippen LogP contribution < -0.4 is 0 Å². The summed E-state index contributed by atoms with van der Waals surface area (Å²) in [5, 5.41) is 0. The average Bonchev–Trinajstić information content (AvgIpc) is 2.19. The maximum atomic E-state index is 12.1. The zero-order valence-electron chi connectivity index (χ0n) is 8.77. The van der Waals surface area contributed by atoms with Gasteiger partial charge in [0, 0.05) is 16.7 Å². The predicted molar refractivity (Wildman–Crippen MR) is 69.3 cm³/mol. The van der Waals surface area contributed by atoms with Gasteiger partial charge in [-0.25, -0.2) is 8.42 Å². The highest BCUT2D eigenvalue weighted by Crippen LogP contribution is 2.17. The van der Waals surface area contributed by atoms with Crippen LogP contribution in [-0.2, 0) is 10.0 Å². The van der Waals surface area contributed by atoms with Gasteiger partial charge < -0.3 is 0 Å². The van der Waals surface area contributed by atoms with E-state index in [0.717, 1.165) is 3.57 Å². The lowest BCUT2D eigenvalue weighted by molar-refractivity contribution is 0.445. The van der Waals surface area contributed by atoms with Crippen LogP contribution in [-0.4, -0.2) is 25.8 Å². The van der Waals surface area contributed by atoms with E-state index in [0.29, 0.717) is 18.0 Å². The molecule has 84 valence electrons. The normalized spacial score (nSPS) is 12.0. The van der Waals surface area contributed by atoms with Gasteiger partial charge >= 0.3 is 0 Å². The molecule has 0 aromatic heterocycles. The minimum Gasteiger partial charge on any atom is -0.207 e. The van der Waals surface area contributed by atoms with E-state index in [9.17, 15) is 8.42 Å². The van der Waals surface area contributed by atoms with Crippen molar-refractivity contribution in [2.24, 2.45) is 0 Å². The zero-order valence-corrected chi connectivity index (χ0v) is 11.7. The average molecular weight is 339 g/mol. The summed E-state index contributed by atoms with van der Waals surface area (Å²) in [5.41, 5.74) is 0. The third kappa shape index (κ3) is 2.92. The SMILES string of the molecule is CCN(CC)S(=O)(=O)c1cccc(I)c1. The van der Waals surface area contributed by atoms with Crippen molar-refractivity contribution < 1.29 is 8.42 Å². The fourth-order valence-corrected chi connectivity index (χ4v) is 3.60. The van der Waals surface area contributed by atoms with Gasteiger partial charge in [0.05, 0.1) is 4.90 Å². The number of rotatable bonds is 4. The summed E-state index contributed by atoms with van der Waals surface area (Å²) in [6.07, 6.45) is 0. The minimum absolute atomic E-state index is 0.373. The molecule has 0 spiro atoms. The first-order valence-corrected chi connectivity index (χ1v) is 7.30. The first kappa shape index (κ1) is 12.9. The highest BCUT2D eigenvalue weighted by atomic mass is 127. The van der Waals surface area contributed by atoms with Crippen molar-refractivity contribution in [1.82, 2.24) is 4.31 Å². The Hall–Kier alpha value is -0.140. The van der Waals surface area contributed by atoms with E-state index in [1.54, 1.807) is 18.2 Å². The lowest BCUT2D eigenvalue weighted by Gasteiger charge is -2.18. The van der Waals surface area contributed by atoms with Crippen LogP contribution in [0.3, 0.4) is 0 Å². The molecule has 0 fully saturated rings. The van der Waals surface area contributed by atoms with Crippen molar-refractivity contribution in [2.45, 2.75) is 18.7 Å². The largest absolute Gasteiger partial charge is 0.243 e. The molecule has 0 amide bonds. The van der Waals surface area contributed by atoms with Crippen LogP contribution in [0.15, 0.2) is 29.2 Å². The van der Waals surface area contributed by atoms with Gasteiger partial charge in [0.2, 0.25) is 10.0 Å². The Morgan fingerprint density at radius 3 is 2.33 bits per heavy atom. The molecule has 0 aliphatic rings. The van der Waals surface area contributed by atoms with E-state index in [4.69, 9.17) is 0 Å². The molecule has 15 heavy (non-hydrogen) atoms. The van der Waals surface area contributed by atoms with Gasteiger partial charge in [-0.05, 0) is 40.8 Å². The third-order valence-corrected chi connectivity index (χ3v) is 4.86. The standard InChI is InChI=1S/C10H14INO2S/c1-3-12(4-2)15(13,14)10-7-5-6-9(11)8-10/h5-8H,3-4H2,1-2H3. The molecule has 1 rings (SSSR count). The molecule has 0 N–H and O–H groups in total. The van der Waals surface area contributed by atoms with Crippen LogP contribution in [0.1, 0.15) is 13.8 Å². The van der Waals surface area contributed by atoms with Crippen LogP contribution >= 0.6 is 22.6 Å². The van der Waals surface area contributed by atoms with E-state index < -0.39 is 10.0 Å². The molecule has 0 bridgehead atoms. The third-order valence-electron chi connectivity index (χ3n) is 2.14. The molecule has 3 nitrogen and oxygen atoms in total. The van der Waals surface area contributed by atoms with E-state index in [1.807, 2.05) is 19.9 Å². The summed E-state index contributed by atoms with van der Waals surface area (Å²) >= 11 is 2.11. The van der Waals surface area contributed by atoms with Gasteiger partial charge in [-0.3, -0.25) is 0 Å². The molecule has 0 saturated heterocycles. The Morgan fingerprint density at radius 1 is 1.27 bits per heavy atom. The number of nitrogens with zero attached hydrogens (tertiary/aromatic N) is 1. The second kappa shape index (κ2) is 5.27. The molecule has 5 heteroatoms. The minimum atomic E-state index is -3.30. The summed E-state index contributed by atoms with van der Waals surface area (Å²) in [5.74, 6) is 0. The summed E-state index contributed by atoms with van der Waals surface area (Å²) in [4.78, 5) is 0.373. The fourth-order valence-electron chi connectivity index (χ4n) is 1.34. The summed E-state index contributed by atoms with van der Waals surface area (Å²) in [6, 6.07) is 6.96. The number of benzene rings is 1. The molecular formula is C10H14INO2S. The van der Waals surface area contributed by atoms with E-state index in [2.05, 4.69) is 22.6 Å². The van der Waals surface area contributed by atoms with E-state index >= 15 is 0 Å². The van der Waals surface area contributed by atoms with Gasteiger partial charge in [0.15, 0.2) is 0 Å². The Kier molecular flexibility index (Phi) is 4.54. The Balaban J connectivity index is 3.16. The molecule has 0 saturated carbocycles. The molecule has 1 aromatic rings. The topological polar surface area (TPSA) is 37.4 Å². The second-order valence-electron chi connectivity index (χ2n) is 3.05. The van der Waals surface area contributed by atoms with Crippen LogP contribution in [0, 0.1) is 3.57 Å². The van der Waals surface area contributed by atoms with E-state index in [1.165, 1.54) is 4.31 Å². The first-order chi connectivity index (χ1) is 7.02.